The summed E-state index contributed by atoms with van der Waals surface area (Å²) in [5.41, 5.74) is 2.06. The molecule has 1 amide bonds. The van der Waals surface area contributed by atoms with Crippen LogP contribution in [0.3, 0.4) is 0 Å². The van der Waals surface area contributed by atoms with E-state index in [4.69, 9.17) is 0 Å². The van der Waals surface area contributed by atoms with Crippen molar-refractivity contribution in [3.8, 4) is 0 Å². The van der Waals surface area contributed by atoms with E-state index in [-0.39, 0.29) is 23.9 Å². The number of carbonyl (C=O) groups is 1. The normalized spacial score (nSPS) is 14.4. The number of carbonyl (C=O) groups excluding carboxylic acids is 1. The van der Waals surface area contributed by atoms with Crippen LogP contribution in [0.25, 0.3) is 11.0 Å². The number of hydrogen-bond donors (Lipinski definition) is 1. The Kier molecular flexibility index (Phi) is 5.83. The molecular formula is C22H28N6O2. The van der Waals surface area contributed by atoms with Gasteiger partial charge in [-0.25, -0.2) is 4.98 Å². The standard InChI is InChI=1S/C22H28N6O2/c1-16(2)28-15-17(14-23-28)24-20(29)10-13-27-19-9-5-4-8-18(19)25-21(22(27)30)26-11-6-3-7-12-26/h4-5,8-9,14-16H,3,6-7,10-13H2,1-2H3,(H,24,29). The van der Waals surface area contributed by atoms with E-state index in [0.29, 0.717) is 18.1 Å². The highest BCUT2D eigenvalue weighted by atomic mass is 16.2. The third-order valence-electron chi connectivity index (χ3n) is 5.47. The summed E-state index contributed by atoms with van der Waals surface area (Å²) < 4.78 is 3.48. The first-order chi connectivity index (χ1) is 14.5. The van der Waals surface area contributed by atoms with Crippen LogP contribution in [0, 0.1) is 0 Å². The van der Waals surface area contributed by atoms with E-state index in [1.807, 2.05) is 44.3 Å². The average molecular weight is 409 g/mol. The third kappa shape index (κ3) is 4.22. The van der Waals surface area contributed by atoms with Gasteiger partial charge in [0.2, 0.25) is 5.91 Å². The number of hydrogen-bond acceptors (Lipinski definition) is 5. The highest BCUT2D eigenvalue weighted by Crippen LogP contribution is 2.18. The fraction of sp³-hybridized carbons (Fsp3) is 0.455. The van der Waals surface area contributed by atoms with Crippen molar-refractivity contribution in [2.24, 2.45) is 0 Å². The van der Waals surface area contributed by atoms with Crippen LogP contribution < -0.4 is 15.8 Å². The van der Waals surface area contributed by atoms with Crippen LogP contribution in [-0.2, 0) is 11.3 Å². The zero-order valence-electron chi connectivity index (χ0n) is 17.5. The van der Waals surface area contributed by atoms with Crippen LogP contribution in [0.2, 0.25) is 0 Å². The minimum Gasteiger partial charge on any atom is -0.352 e. The Hall–Kier alpha value is -3.16. The Bertz CT molecular complexity index is 1090. The molecule has 0 bridgehead atoms. The number of piperidine rings is 1. The van der Waals surface area contributed by atoms with Crippen LogP contribution in [0.5, 0.6) is 0 Å². The monoisotopic (exact) mass is 408 g/mol. The summed E-state index contributed by atoms with van der Waals surface area (Å²) in [5.74, 6) is 0.345. The zero-order chi connectivity index (χ0) is 21.1. The Balaban J connectivity index is 1.55. The molecule has 1 N–H and O–H groups in total. The smallest absolute Gasteiger partial charge is 0.294 e. The molecule has 1 aromatic carbocycles. The van der Waals surface area contributed by atoms with E-state index >= 15 is 0 Å². The average Bonchev–Trinajstić information content (AvgIpc) is 3.22. The lowest BCUT2D eigenvalue weighted by molar-refractivity contribution is -0.116. The number of benzene rings is 1. The lowest BCUT2D eigenvalue weighted by Crippen LogP contribution is -2.37. The number of amides is 1. The van der Waals surface area contributed by atoms with Crippen molar-refractivity contribution in [3.63, 3.8) is 0 Å². The summed E-state index contributed by atoms with van der Waals surface area (Å²) in [6.45, 7) is 6.05. The zero-order valence-corrected chi connectivity index (χ0v) is 17.5. The highest BCUT2D eigenvalue weighted by Gasteiger charge is 2.19. The molecule has 3 heterocycles. The lowest BCUT2D eigenvalue weighted by Gasteiger charge is -2.27. The predicted molar refractivity (Wildman–Crippen MR) is 118 cm³/mol. The Morgan fingerprint density at radius 3 is 2.67 bits per heavy atom. The van der Waals surface area contributed by atoms with E-state index in [2.05, 4.69) is 20.3 Å². The number of fused-ring (bicyclic) bond motifs is 1. The molecule has 0 atom stereocenters. The van der Waals surface area contributed by atoms with Crippen molar-refractivity contribution in [1.82, 2.24) is 19.3 Å². The van der Waals surface area contributed by atoms with E-state index in [1.54, 1.807) is 15.4 Å². The first-order valence-corrected chi connectivity index (χ1v) is 10.6. The minimum atomic E-state index is -0.148. The first-order valence-electron chi connectivity index (χ1n) is 10.6. The van der Waals surface area contributed by atoms with Gasteiger partial charge in [-0.05, 0) is 45.2 Å². The molecule has 0 saturated carbocycles. The van der Waals surface area contributed by atoms with Crippen molar-refractivity contribution >= 4 is 28.4 Å². The number of aryl methyl sites for hydroxylation is 1. The van der Waals surface area contributed by atoms with Gasteiger partial charge in [0.05, 0.1) is 22.9 Å². The molecule has 1 saturated heterocycles. The van der Waals surface area contributed by atoms with Crippen molar-refractivity contribution in [2.45, 2.75) is 52.1 Å². The molecule has 1 aliphatic heterocycles. The summed E-state index contributed by atoms with van der Waals surface area (Å²) in [7, 11) is 0. The summed E-state index contributed by atoms with van der Waals surface area (Å²) in [4.78, 5) is 32.5. The van der Waals surface area contributed by atoms with Gasteiger partial charge in [0.15, 0.2) is 5.82 Å². The molecule has 8 nitrogen and oxygen atoms in total. The minimum absolute atomic E-state index is 0.129. The van der Waals surface area contributed by atoms with Crippen molar-refractivity contribution in [3.05, 3.63) is 47.0 Å². The number of nitrogens with zero attached hydrogens (tertiary/aromatic N) is 5. The number of aromatic nitrogens is 4. The summed E-state index contributed by atoms with van der Waals surface area (Å²) in [6.07, 6.45) is 6.97. The molecule has 2 aromatic heterocycles. The molecule has 158 valence electrons. The molecule has 30 heavy (non-hydrogen) atoms. The van der Waals surface area contributed by atoms with E-state index in [1.165, 1.54) is 6.42 Å². The first kappa shape index (κ1) is 20.1. The second-order valence-electron chi connectivity index (χ2n) is 8.03. The predicted octanol–water partition coefficient (Wildman–Crippen LogP) is 3.19. The number of rotatable bonds is 6. The largest absolute Gasteiger partial charge is 0.352 e. The van der Waals surface area contributed by atoms with Gasteiger partial charge in [0.1, 0.15) is 0 Å². The molecule has 0 spiro atoms. The fourth-order valence-electron chi connectivity index (χ4n) is 3.83. The van der Waals surface area contributed by atoms with Gasteiger partial charge in [-0.3, -0.25) is 14.3 Å². The molecule has 1 aliphatic rings. The van der Waals surface area contributed by atoms with Crippen LogP contribution in [0.1, 0.15) is 45.6 Å². The van der Waals surface area contributed by atoms with E-state index in [0.717, 1.165) is 37.0 Å². The van der Waals surface area contributed by atoms with Gasteiger partial charge in [-0.1, -0.05) is 12.1 Å². The van der Waals surface area contributed by atoms with Gasteiger partial charge in [-0.15, -0.1) is 0 Å². The summed E-state index contributed by atoms with van der Waals surface area (Å²) in [5, 5.41) is 7.11. The quantitative estimate of drug-likeness (QED) is 0.677. The molecule has 8 heteroatoms. The maximum absolute atomic E-state index is 13.2. The number of nitrogens with one attached hydrogen (secondary N) is 1. The summed E-state index contributed by atoms with van der Waals surface area (Å²) in [6, 6.07) is 7.84. The van der Waals surface area contributed by atoms with Crippen molar-refractivity contribution in [2.75, 3.05) is 23.3 Å². The van der Waals surface area contributed by atoms with Gasteiger partial charge in [0, 0.05) is 38.3 Å². The Morgan fingerprint density at radius 2 is 1.93 bits per heavy atom. The highest BCUT2D eigenvalue weighted by molar-refractivity contribution is 5.90. The SMILES string of the molecule is CC(C)n1cc(NC(=O)CCn2c(=O)c(N3CCCCC3)nc3ccccc32)cn1. The molecule has 0 aliphatic carbocycles. The molecule has 4 rings (SSSR count). The Labute approximate surface area is 175 Å². The molecule has 1 fully saturated rings. The van der Waals surface area contributed by atoms with Crippen LogP contribution in [0.15, 0.2) is 41.5 Å². The molecular weight excluding hydrogens is 380 g/mol. The van der Waals surface area contributed by atoms with Crippen molar-refractivity contribution < 1.29 is 4.79 Å². The number of para-hydroxylation sites is 2. The second kappa shape index (κ2) is 8.69. The van der Waals surface area contributed by atoms with Crippen LogP contribution in [-0.4, -0.2) is 38.3 Å². The van der Waals surface area contributed by atoms with Gasteiger partial charge in [0.25, 0.3) is 5.56 Å². The third-order valence-corrected chi connectivity index (χ3v) is 5.47. The van der Waals surface area contributed by atoms with Crippen LogP contribution in [0.4, 0.5) is 11.5 Å². The van der Waals surface area contributed by atoms with E-state index in [9.17, 15) is 9.59 Å². The second-order valence-corrected chi connectivity index (χ2v) is 8.03. The fourth-order valence-corrected chi connectivity index (χ4v) is 3.83. The Morgan fingerprint density at radius 1 is 1.17 bits per heavy atom. The molecule has 0 radical (unpaired) electrons. The topological polar surface area (TPSA) is 85.0 Å². The maximum atomic E-state index is 13.2. The summed E-state index contributed by atoms with van der Waals surface area (Å²) >= 11 is 0. The van der Waals surface area contributed by atoms with Gasteiger partial charge >= 0.3 is 0 Å². The lowest BCUT2D eigenvalue weighted by atomic mass is 10.1. The van der Waals surface area contributed by atoms with Gasteiger partial charge < -0.3 is 14.8 Å². The molecule has 0 unspecified atom stereocenters. The maximum Gasteiger partial charge on any atom is 0.294 e. The van der Waals surface area contributed by atoms with Crippen LogP contribution >= 0.6 is 0 Å². The number of anilines is 2. The van der Waals surface area contributed by atoms with Gasteiger partial charge in [-0.2, -0.15) is 5.10 Å². The molecule has 3 aromatic rings. The van der Waals surface area contributed by atoms with Crippen molar-refractivity contribution in [1.29, 1.82) is 0 Å². The van der Waals surface area contributed by atoms with E-state index < -0.39 is 0 Å².